The number of nitrogens with zero attached hydrogens (tertiary/aromatic N) is 3. The summed E-state index contributed by atoms with van der Waals surface area (Å²) in [5.74, 6) is 0.263. The van der Waals surface area contributed by atoms with E-state index in [9.17, 15) is 4.79 Å². The molecule has 0 unspecified atom stereocenters. The smallest absolute Gasteiger partial charge is 0.272 e. The van der Waals surface area contributed by atoms with Gasteiger partial charge in [-0.3, -0.25) is 4.79 Å². The largest absolute Gasteiger partial charge is 0.340 e. The summed E-state index contributed by atoms with van der Waals surface area (Å²) < 4.78 is 0. The van der Waals surface area contributed by atoms with Crippen LogP contribution in [0.2, 0.25) is 0 Å². The predicted octanol–water partition coefficient (Wildman–Crippen LogP) is 1.68. The Labute approximate surface area is 95.5 Å². The molecule has 1 aromatic rings. The maximum Gasteiger partial charge on any atom is 0.272 e. The van der Waals surface area contributed by atoms with Gasteiger partial charge in [0.25, 0.3) is 5.91 Å². The number of pyridine rings is 1. The van der Waals surface area contributed by atoms with Crippen molar-refractivity contribution in [3.63, 3.8) is 0 Å². The Bertz CT molecular complexity index is 421. The molecule has 0 spiro atoms. The lowest BCUT2D eigenvalue weighted by atomic mass is 10.2. The molecule has 84 valence electrons. The molecule has 0 radical (unpaired) electrons. The van der Waals surface area contributed by atoms with Crippen LogP contribution in [0.3, 0.4) is 0 Å². The molecule has 1 rings (SSSR count). The van der Waals surface area contributed by atoms with Crippen molar-refractivity contribution >= 4 is 5.91 Å². The molecule has 0 atom stereocenters. The number of aromatic nitrogens is 1. The van der Waals surface area contributed by atoms with Gasteiger partial charge in [-0.1, -0.05) is 19.9 Å². The number of carbonyl (C=O) groups excluding carboxylic acids is 1. The highest BCUT2D eigenvalue weighted by Gasteiger charge is 2.14. The summed E-state index contributed by atoms with van der Waals surface area (Å²) in [5, 5.41) is 8.69. The second-order valence-electron chi connectivity index (χ2n) is 4.10. The van der Waals surface area contributed by atoms with Crippen LogP contribution in [0.25, 0.3) is 0 Å². The summed E-state index contributed by atoms with van der Waals surface area (Å²) in [7, 11) is 1.74. The molecule has 1 amide bonds. The number of carbonyl (C=O) groups is 1. The number of amides is 1. The van der Waals surface area contributed by atoms with E-state index in [0.717, 1.165) is 0 Å². The topological polar surface area (TPSA) is 57.0 Å². The summed E-state index contributed by atoms with van der Waals surface area (Å²) in [5.41, 5.74) is 0.589. The van der Waals surface area contributed by atoms with Crippen molar-refractivity contribution in [2.75, 3.05) is 13.6 Å². The van der Waals surface area contributed by atoms with Crippen LogP contribution in [-0.4, -0.2) is 29.4 Å². The van der Waals surface area contributed by atoms with Gasteiger partial charge >= 0.3 is 0 Å². The molecule has 1 heterocycles. The van der Waals surface area contributed by atoms with Crippen LogP contribution in [-0.2, 0) is 0 Å². The Morgan fingerprint density at radius 2 is 2.25 bits per heavy atom. The van der Waals surface area contributed by atoms with E-state index in [2.05, 4.69) is 4.98 Å². The normalized spacial score (nSPS) is 9.94. The molecule has 4 nitrogen and oxygen atoms in total. The van der Waals surface area contributed by atoms with Crippen LogP contribution >= 0.6 is 0 Å². The summed E-state index contributed by atoms with van der Waals surface area (Å²) in [6.07, 6.45) is 0. The second-order valence-corrected chi connectivity index (χ2v) is 4.10. The van der Waals surface area contributed by atoms with E-state index in [1.54, 1.807) is 30.1 Å². The fourth-order valence-corrected chi connectivity index (χ4v) is 1.44. The van der Waals surface area contributed by atoms with Gasteiger partial charge in [0, 0.05) is 13.6 Å². The molecule has 0 saturated carbocycles. The van der Waals surface area contributed by atoms with Gasteiger partial charge in [0.15, 0.2) is 0 Å². The zero-order valence-corrected chi connectivity index (χ0v) is 9.77. The van der Waals surface area contributed by atoms with Gasteiger partial charge in [0.2, 0.25) is 0 Å². The molecule has 1 aromatic heterocycles. The lowest BCUT2D eigenvalue weighted by Crippen LogP contribution is -2.30. The fraction of sp³-hybridized carbons (Fsp3) is 0.417. The van der Waals surface area contributed by atoms with Crippen molar-refractivity contribution in [3.8, 4) is 6.07 Å². The molecule has 0 aromatic carbocycles. The summed E-state index contributed by atoms with van der Waals surface area (Å²) in [6, 6.07) is 6.80. The van der Waals surface area contributed by atoms with Gasteiger partial charge in [-0.2, -0.15) is 5.26 Å². The van der Waals surface area contributed by atoms with E-state index in [1.807, 2.05) is 19.9 Å². The first-order valence-corrected chi connectivity index (χ1v) is 5.17. The van der Waals surface area contributed by atoms with Crippen LogP contribution in [0.5, 0.6) is 0 Å². The highest BCUT2D eigenvalue weighted by molar-refractivity contribution is 5.92. The maximum atomic E-state index is 11.9. The zero-order chi connectivity index (χ0) is 12.1. The molecule has 0 aliphatic rings. The van der Waals surface area contributed by atoms with E-state index >= 15 is 0 Å². The molecular weight excluding hydrogens is 202 g/mol. The van der Waals surface area contributed by atoms with Gasteiger partial charge in [-0.15, -0.1) is 0 Å². The SMILES string of the molecule is CC(C)CN(C)C(=O)c1cccc(C#N)n1. The number of hydrogen-bond acceptors (Lipinski definition) is 3. The monoisotopic (exact) mass is 217 g/mol. The van der Waals surface area contributed by atoms with Gasteiger partial charge in [-0.05, 0) is 18.1 Å². The van der Waals surface area contributed by atoms with E-state index in [0.29, 0.717) is 18.2 Å². The van der Waals surface area contributed by atoms with E-state index in [-0.39, 0.29) is 11.6 Å². The van der Waals surface area contributed by atoms with Gasteiger partial charge in [0.05, 0.1) is 0 Å². The van der Waals surface area contributed by atoms with Crippen LogP contribution in [0.4, 0.5) is 0 Å². The minimum absolute atomic E-state index is 0.147. The molecule has 0 saturated heterocycles. The average molecular weight is 217 g/mol. The molecule has 0 aliphatic heterocycles. The molecule has 0 N–H and O–H groups in total. The minimum Gasteiger partial charge on any atom is -0.340 e. The van der Waals surface area contributed by atoms with E-state index < -0.39 is 0 Å². The second kappa shape index (κ2) is 5.26. The van der Waals surface area contributed by atoms with Gasteiger partial charge in [0.1, 0.15) is 17.5 Å². The Hall–Kier alpha value is -1.89. The van der Waals surface area contributed by atoms with Crippen LogP contribution in [0, 0.1) is 17.2 Å². The van der Waals surface area contributed by atoms with E-state index in [4.69, 9.17) is 5.26 Å². The summed E-state index contributed by atoms with van der Waals surface area (Å²) >= 11 is 0. The van der Waals surface area contributed by atoms with Gasteiger partial charge in [-0.25, -0.2) is 4.98 Å². The van der Waals surface area contributed by atoms with Crippen molar-refractivity contribution < 1.29 is 4.79 Å². The first-order valence-electron chi connectivity index (χ1n) is 5.17. The van der Waals surface area contributed by atoms with Crippen molar-refractivity contribution in [1.82, 2.24) is 9.88 Å². The first-order chi connectivity index (χ1) is 7.54. The third-order valence-electron chi connectivity index (χ3n) is 2.07. The Morgan fingerprint density at radius 3 is 2.81 bits per heavy atom. The molecule has 0 aliphatic carbocycles. The average Bonchev–Trinajstić information content (AvgIpc) is 2.27. The molecular formula is C12H15N3O. The van der Waals surface area contributed by atoms with Crippen molar-refractivity contribution in [3.05, 3.63) is 29.6 Å². The fourth-order valence-electron chi connectivity index (χ4n) is 1.44. The zero-order valence-electron chi connectivity index (χ0n) is 9.77. The van der Waals surface area contributed by atoms with Crippen molar-refractivity contribution in [2.45, 2.75) is 13.8 Å². The molecule has 0 fully saturated rings. The van der Waals surface area contributed by atoms with Gasteiger partial charge < -0.3 is 4.90 Å². The minimum atomic E-state index is -0.147. The third-order valence-corrected chi connectivity index (χ3v) is 2.07. The Balaban J connectivity index is 2.84. The highest BCUT2D eigenvalue weighted by Crippen LogP contribution is 2.04. The molecule has 0 bridgehead atoms. The predicted molar refractivity (Wildman–Crippen MR) is 60.8 cm³/mol. The quantitative estimate of drug-likeness (QED) is 0.774. The van der Waals surface area contributed by atoms with Crippen molar-refractivity contribution in [1.29, 1.82) is 5.26 Å². The number of rotatable bonds is 3. The standard InChI is InChI=1S/C12H15N3O/c1-9(2)8-15(3)12(16)11-6-4-5-10(7-13)14-11/h4-6,9H,8H2,1-3H3. The summed E-state index contributed by atoms with van der Waals surface area (Å²) in [4.78, 5) is 17.5. The lowest BCUT2D eigenvalue weighted by molar-refractivity contribution is 0.0773. The molecule has 16 heavy (non-hydrogen) atoms. The highest BCUT2D eigenvalue weighted by atomic mass is 16.2. The Kier molecular flexibility index (Phi) is 4.01. The number of nitriles is 1. The van der Waals surface area contributed by atoms with Crippen LogP contribution < -0.4 is 0 Å². The van der Waals surface area contributed by atoms with E-state index in [1.165, 1.54) is 0 Å². The third kappa shape index (κ3) is 3.06. The number of hydrogen-bond donors (Lipinski definition) is 0. The summed E-state index contributed by atoms with van der Waals surface area (Å²) in [6.45, 7) is 4.77. The Morgan fingerprint density at radius 1 is 1.56 bits per heavy atom. The lowest BCUT2D eigenvalue weighted by Gasteiger charge is -2.18. The molecule has 4 heteroatoms. The first kappa shape index (κ1) is 12.2. The van der Waals surface area contributed by atoms with Crippen LogP contribution in [0.1, 0.15) is 30.0 Å². The van der Waals surface area contributed by atoms with Crippen molar-refractivity contribution in [2.24, 2.45) is 5.92 Å². The maximum absolute atomic E-state index is 11.9. The van der Waals surface area contributed by atoms with Crippen LogP contribution in [0.15, 0.2) is 18.2 Å².